The second-order valence-electron chi connectivity index (χ2n) is 2.45. The monoisotopic (exact) mass is 178 g/mol. The molecule has 1 unspecified atom stereocenters. The van der Waals surface area contributed by atoms with E-state index in [1.54, 1.807) is 19.1 Å². The van der Waals surface area contributed by atoms with Crippen molar-refractivity contribution in [2.45, 2.75) is 13.0 Å². The minimum Gasteiger partial charge on any atom is -0.462 e. The maximum absolute atomic E-state index is 11.1. The van der Waals surface area contributed by atoms with Gasteiger partial charge in [0, 0.05) is 6.20 Å². The van der Waals surface area contributed by atoms with Gasteiger partial charge in [-0.25, -0.2) is 4.79 Å². The fraction of sp³-hybridized carbons (Fsp3) is 0.333. The molecular formula is C9H10N2O2. The van der Waals surface area contributed by atoms with Crippen LogP contribution in [0.3, 0.4) is 0 Å². The fourth-order valence-electron chi connectivity index (χ4n) is 0.905. The first-order valence-corrected chi connectivity index (χ1v) is 3.99. The molecule has 0 bridgehead atoms. The van der Waals surface area contributed by atoms with Crippen LogP contribution in [0.25, 0.3) is 0 Å². The topological polar surface area (TPSA) is 62.1 Å². The van der Waals surface area contributed by atoms with Crippen molar-refractivity contribution in [2.24, 2.45) is 0 Å². The van der Waals surface area contributed by atoms with Crippen LogP contribution in [-0.2, 0) is 9.53 Å². The lowest BCUT2D eigenvalue weighted by molar-refractivity contribution is -0.138. The molecule has 4 heteroatoms. The van der Waals surface area contributed by atoms with Crippen LogP contribution in [0.15, 0.2) is 23.9 Å². The van der Waals surface area contributed by atoms with Gasteiger partial charge in [0.15, 0.2) is 0 Å². The molecule has 0 saturated carbocycles. The third-order valence-corrected chi connectivity index (χ3v) is 1.54. The smallest absolute Gasteiger partial charge is 0.339 e. The highest BCUT2D eigenvalue weighted by molar-refractivity contribution is 5.91. The molecule has 1 aliphatic heterocycles. The molecule has 0 aromatic rings. The second-order valence-corrected chi connectivity index (χ2v) is 2.45. The quantitative estimate of drug-likeness (QED) is 0.625. The van der Waals surface area contributed by atoms with Crippen molar-refractivity contribution in [3.05, 3.63) is 23.9 Å². The Kier molecular flexibility index (Phi) is 3.09. The second kappa shape index (κ2) is 4.31. The highest BCUT2D eigenvalue weighted by Crippen LogP contribution is 2.05. The minimum atomic E-state index is -0.373. The first-order valence-electron chi connectivity index (χ1n) is 3.99. The van der Waals surface area contributed by atoms with Crippen molar-refractivity contribution in [3.8, 4) is 6.07 Å². The Balaban J connectivity index is 2.58. The molecule has 68 valence electrons. The van der Waals surface area contributed by atoms with Crippen LogP contribution in [-0.4, -0.2) is 18.6 Å². The summed E-state index contributed by atoms with van der Waals surface area (Å²) < 4.78 is 4.77. The van der Waals surface area contributed by atoms with Gasteiger partial charge >= 0.3 is 5.97 Å². The average Bonchev–Trinajstić information content (AvgIpc) is 2.18. The normalized spacial score (nSPS) is 19.7. The average molecular weight is 178 g/mol. The number of esters is 1. The van der Waals surface area contributed by atoms with E-state index in [1.807, 2.05) is 6.07 Å². The van der Waals surface area contributed by atoms with Crippen molar-refractivity contribution < 1.29 is 9.53 Å². The molecule has 0 amide bonds. The summed E-state index contributed by atoms with van der Waals surface area (Å²) in [6.07, 6.45) is 4.69. The molecule has 0 radical (unpaired) electrons. The number of rotatable bonds is 2. The molecule has 1 atom stereocenters. The predicted octanol–water partition coefficient (Wildman–Crippen LogP) is 0.485. The van der Waals surface area contributed by atoms with Crippen molar-refractivity contribution in [2.75, 3.05) is 6.61 Å². The molecule has 1 aliphatic rings. The molecule has 4 nitrogen and oxygen atoms in total. The van der Waals surface area contributed by atoms with Crippen molar-refractivity contribution >= 4 is 5.97 Å². The number of carbonyl (C=O) groups excluding carboxylic acids is 1. The van der Waals surface area contributed by atoms with E-state index in [1.165, 1.54) is 6.20 Å². The number of carbonyl (C=O) groups is 1. The molecular weight excluding hydrogens is 168 g/mol. The molecule has 1 rings (SSSR count). The van der Waals surface area contributed by atoms with Crippen LogP contribution in [0, 0.1) is 11.3 Å². The van der Waals surface area contributed by atoms with Gasteiger partial charge in [-0.3, -0.25) is 0 Å². The largest absolute Gasteiger partial charge is 0.462 e. The SMILES string of the molecule is CCOC(=O)C1=CNC(C#N)C=C1. The Morgan fingerprint density at radius 1 is 1.85 bits per heavy atom. The Labute approximate surface area is 76.5 Å². The summed E-state index contributed by atoms with van der Waals surface area (Å²) in [5, 5.41) is 11.3. The van der Waals surface area contributed by atoms with Gasteiger partial charge in [-0.2, -0.15) is 5.26 Å². The van der Waals surface area contributed by atoms with E-state index in [4.69, 9.17) is 10.00 Å². The van der Waals surface area contributed by atoms with Gasteiger partial charge in [0.25, 0.3) is 0 Å². The third-order valence-electron chi connectivity index (χ3n) is 1.54. The Hall–Kier alpha value is -1.76. The number of dihydropyridines is 1. The van der Waals surface area contributed by atoms with E-state index in [-0.39, 0.29) is 12.0 Å². The number of hydrogen-bond donors (Lipinski definition) is 1. The Morgan fingerprint density at radius 3 is 3.08 bits per heavy atom. The predicted molar refractivity (Wildman–Crippen MR) is 46.4 cm³/mol. The molecule has 0 spiro atoms. The first kappa shape index (κ1) is 9.33. The summed E-state index contributed by atoms with van der Waals surface area (Å²) >= 11 is 0. The third kappa shape index (κ3) is 2.34. The van der Waals surface area contributed by atoms with E-state index in [0.29, 0.717) is 12.2 Å². The van der Waals surface area contributed by atoms with Crippen LogP contribution in [0.1, 0.15) is 6.92 Å². The lowest BCUT2D eigenvalue weighted by Gasteiger charge is -2.11. The molecule has 0 fully saturated rings. The van der Waals surface area contributed by atoms with Crippen LogP contribution in [0.4, 0.5) is 0 Å². The summed E-state index contributed by atoms with van der Waals surface area (Å²) in [5.41, 5.74) is 0.438. The van der Waals surface area contributed by atoms with Gasteiger partial charge in [0.2, 0.25) is 0 Å². The van der Waals surface area contributed by atoms with Gasteiger partial charge < -0.3 is 10.1 Å². The van der Waals surface area contributed by atoms with E-state index < -0.39 is 0 Å². The van der Waals surface area contributed by atoms with Gasteiger partial charge in [0.05, 0.1) is 18.2 Å². The molecule has 13 heavy (non-hydrogen) atoms. The maximum Gasteiger partial charge on any atom is 0.339 e. The van der Waals surface area contributed by atoms with Crippen molar-refractivity contribution in [1.82, 2.24) is 5.32 Å². The summed E-state index contributed by atoms with van der Waals surface area (Å²) in [6.45, 7) is 2.10. The van der Waals surface area contributed by atoms with Gasteiger partial charge in [0.1, 0.15) is 6.04 Å². The lowest BCUT2D eigenvalue weighted by Crippen LogP contribution is -2.24. The summed E-state index contributed by atoms with van der Waals surface area (Å²) in [5.74, 6) is -0.373. The number of nitrogens with zero attached hydrogens (tertiary/aromatic N) is 1. The first-order chi connectivity index (χ1) is 6.27. The number of nitriles is 1. The summed E-state index contributed by atoms with van der Waals surface area (Å²) in [7, 11) is 0. The van der Waals surface area contributed by atoms with Crippen molar-refractivity contribution in [3.63, 3.8) is 0 Å². The van der Waals surface area contributed by atoms with E-state index in [0.717, 1.165) is 0 Å². The standard InChI is InChI=1S/C9H10N2O2/c1-2-13-9(12)7-3-4-8(5-10)11-6-7/h3-4,6,8,11H,2H2,1H3. The van der Waals surface area contributed by atoms with E-state index in [9.17, 15) is 4.79 Å². The van der Waals surface area contributed by atoms with Crippen LogP contribution in [0.2, 0.25) is 0 Å². The van der Waals surface area contributed by atoms with Crippen LogP contribution >= 0.6 is 0 Å². The zero-order valence-corrected chi connectivity index (χ0v) is 7.28. The van der Waals surface area contributed by atoms with Gasteiger partial charge in [-0.1, -0.05) is 0 Å². The molecule has 1 heterocycles. The van der Waals surface area contributed by atoms with E-state index in [2.05, 4.69) is 5.32 Å². The molecule has 0 aromatic heterocycles. The number of nitrogens with one attached hydrogen (secondary N) is 1. The lowest BCUT2D eigenvalue weighted by atomic mass is 10.1. The molecule has 1 N–H and O–H groups in total. The fourth-order valence-corrected chi connectivity index (χ4v) is 0.905. The zero-order valence-electron chi connectivity index (χ0n) is 7.28. The number of ether oxygens (including phenoxy) is 1. The summed E-state index contributed by atoms with van der Waals surface area (Å²) in [4.78, 5) is 11.1. The van der Waals surface area contributed by atoms with Gasteiger partial charge in [-0.15, -0.1) is 0 Å². The van der Waals surface area contributed by atoms with Crippen LogP contribution < -0.4 is 5.32 Å². The molecule has 0 saturated heterocycles. The highest BCUT2D eigenvalue weighted by Gasteiger charge is 2.12. The Morgan fingerprint density at radius 2 is 2.62 bits per heavy atom. The minimum absolute atomic E-state index is 0.349. The van der Waals surface area contributed by atoms with Crippen LogP contribution in [0.5, 0.6) is 0 Å². The number of hydrogen-bond acceptors (Lipinski definition) is 4. The van der Waals surface area contributed by atoms with E-state index >= 15 is 0 Å². The van der Waals surface area contributed by atoms with Crippen molar-refractivity contribution in [1.29, 1.82) is 5.26 Å². The van der Waals surface area contributed by atoms with Gasteiger partial charge in [-0.05, 0) is 19.1 Å². The molecule has 0 aliphatic carbocycles. The Bertz CT molecular complexity index is 299. The maximum atomic E-state index is 11.1. The highest BCUT2D eigenvalue weighted by atomic mass is 16.5. The molecule has 0 aromatic carbocycles. The zero-order chi connectivity index (χ0) is 9.68. The summed E-state index contributed by atoms with van der Waals surface area (Å²) in [6, 6.07) is 1.65.